The zero-order chi connectivity index (χ0) is 14.9. The zero-order valence-electron chi connectivity index (χ0n) is 11.2. The van der Waals surface area contributed by atoms with E-state index in [1.165, 1.54) is 0 Å². The third-order valence-electron chi connectivity index (χ3n) is 3.68. The smallest absolute Gasteiger partial charge is 0.184 e. The maximum Gasteiger partial charge on any atom is 0.184 e. The zero-order valence-corrected chi connectivity index (χ0v) is 11.2. The average molecular weight is 294 g/mol. The summed E-state index contributed by atoms with van der Waals surface area (Å²) in [7, 11) is 0. The van der Waals surface area contributed by atoms with Crippen LogP contribution in [-0.4, -0.2) is 87.8 Å². The van der Waals surface area contributed by atoms with Crippen LogP contribution in [0.1, 0.15) is 13.3 Å². The Hall–Kier alpha value is -0.320. The molecule has 2 aliphatic heterocycles. The van der Waals surface area contributed by atoms with Crippen molar-refractivity contribution in [2.24, 2.45) is 0 Å². The van der Waals surface area contributed by atoms with Gasteiger partial charge in [-0.1, -0.05) is 0 Å². The van der Waals surface area contributed by atoms with E-state index >= 15 is 0 Å². The Morgan fingerprint density at radius 3 is 2.45 bits per heavy atom. The SMILES string of the molecule is C[C@@H]1OC(CO)[C@H](O)[C@H](O[C@@H]2OC[C@@H](O)CC2O)C1O. The maximum atomic E-state index is 10.0. The van der Waals surface area contributed by atoms with Gasteiger partial charge in [0.05, 0.1) is 25.4 Å². The molecule has 0 aromatic heterocycles. The highest BCUT2D eigenvalue weighted by Crippen LogP contribution is 2.26. The third kappa shape index (κ3) is 3.29. The van der Waals surface area contributed by atoms with Crippen molar-refractivity contribution in [3.8, 4) is 0 Å². The molecule has 2 heterocycles. The first-order chi connectivity index (χ1) is 9.43. The van der Waals surface area contributed by atoms with E-state index in [1.54, 1.807) is 6.92 Å². The molecule has 2 rings (SSSR count). The molecule has 118 valence electrons. The Bertz CT molecular complexity index is 314. The number of hydrogen-bond acceptors (Lipinski definition) is 8. The lowest BCUT2D eigenvalue weighted by atomic mass is 9.95. The second-order valence-corrected chi connectivity index (χ2v) is 5.30. The topological polar surface area (TPSA) is 129 Å². The molecule has 0 amide bonds. The summed E-state index contributed by atoms with van der Waals surface area (Å²) in [5.74, 6) is 0. The summed E-state index contributed by atoms with van der Waals surface area (Å²) in [5, 5.41) is 48.3. The van der Waals surface area contributed by atoms with Crippen LogP contribution in [0.15, 0.2) is 0 Å². The van der Waals surface area contributed by atoms with Crippen LogP contribution in [0.25, 0.3) is 0 Å². The van der Waals surface area contributed by atoms with E-state index in [4.69, 9.17) is 19.3 Å². The van der Waals surface area contributed by atoms with Crippen molar-refractivity contribution < 1.29 is 39.7 Å². The van der Waals surface area contributed by atoms with E-state index < -0.39 is 55.6 Å². The summed E-state index contributed by atoms with van der Waals surface area (Å²) < 4.78 is 15.9. The van der Waals surface area contributed by atoms with E-state index in [-0.39, 0.29) is 13.0 Å². The Balaban J connectivity index is 2.01. The molecule has 8 heteroatoms. The molecule has 2 fully saturated rings. The van der Waals surface area contributed by atoms with Gasteiger partial charge in [0.2, 0.25) is 0 Å². The quantitative estimate of drug-likeness (QED) is 0.381. The molecule has 0 bridgehead atoms. The molecular weight excluding hydrogens is 272 g/mol. The van der Waals surface area contributed by atoms with E-state index in [2.05, 4.69) is 0 Å². The number of hydrogen-bond donors (Lipinski definition) is 5. The van der Waals surface area contributed by atoms with Crippen molar-refractivity contribution in [3.63, 3.8) is 0 Å². The molecule has 20 heavy (non-hydrogen) atoms. The van der Waals surface area contributed by atoms with Crippen molar-refractivity contribution >= 4 is 0 Å². The van der Waals surface area contributed by atoms with Crippen LogP contribution in [0.2, 0.25) is 0 Å². The summed E-state index contributed by atoms with van der Waals surface area (Å²) >= 11 is 0. The summed E-state index contributed by atoms with van der Waals surface area (Å²) in [6, 6.07) is 0. The minimum absolute atomic E-state index is 0.0100. The van der Waals surface area contributed by atoms with Gasteiger partial charge in [-0.2, -0.15) is 0 Å². The van der Waals surface area contributed by atoms with Crippen molar-refractivity contribution in [2.45, 2.75) is 62.4 Å². The highest BCUT2D eigenvalue weighted by molar-refractivity contribution is 4.92. The average Bonchev–Trinajstić information content (AvgIpc) is 2.41. The molecule has 0 saturated carbocycles. The van der Waals surface area contributed by atoms with E-state index in [0.717, 1.165) is 0 Å². The molecule has 8 atom stereocenters. The predicted octanol–water partition coefficient (Wildman–Crippen LogP) is -2.66. The number of aliphatic hydroxyl groups is 5. The van der Waals surface area contributed by atoms with Crippen LogP contribution < -0.4 is 0 Å². The summed E-state index contributed by atoms with van der Waals surface area (Å²) in [6.45, 7) is 1.19. The Labute approximate surface area is 116 Å². The Kier molecular flexibility index (Phi) is 5.32. The molecule has 0 aromatic rings. The molecule has 8 nitrogen and oxygen atoms in total. The second-order valence-electron chi connectivity index (χ2n) is 5.30. The fourth-order valence-corrected chi connectivity index (χ4v) is 2.49. The number of rotatable bonds is 3. The van der Waals surface area contributed by atoms with Gasteiger partial charge in [-0.15, -0.1) is 0 Å². The van der Waals surface area contributed by atoms with Gasteiger partial charge >= 0.3 is 0 Å². The Morgan fingerprint density at radius 2 is 1.85 bits per heavy atom. The third-order valence-corrected chi connectivity index (χ3v) is 3.68. The minimum Gasteiger partial charge on any atom is -0.394 e. The van der Waals surface area contributed by atoms with E-state index in [9.17, 15) is 20.4 Å². The summed E-state index contributed by atoms with van der Waals surface area (Å²) in [5.41, 5.74) is 0. The van der Waals surface area contributed by atoms with Gasteiger partial charge in [-0.3, -0.25) is 0 Å². The van der Waals surface area contributed by atoms with Gasteiger partial charge in [0, 0.05) is 6.42 Å². The molecule has 2 saturated heterocycles. The monoisotopic (exact) mass is 294 g/mol. The minimum atomic E-state index is -1.24. The van der Waals surface area contributed by atoms with Crippen LogP contribution in [-0.2, 0) is 14.2 Å². The number of aliphatic hydroxyl groups excluding tert-OH is 5. The maximum absolute atomic E-state index is 10.0. The van der Waals surface area contributed by atoms with Crippen molar-refractivity contribution in [1.82, 2.24) is 0 Å². The Morgan fingerprint density at radius 1 is 1.15 bits per heavy atom. The van der Waals surface area contributed by atoms with Crippen molar-refractivity contribution in [1.29, 1.82) is 0 Å². The molecule has 5 N–H and O–H groups in total. The van der Waals surface area contributed by atoms with Crippen LogP contribution >= 0.6 is 0 Å². The first-order valence-electron chi connectivity index (χ1n) is 6.69. The number of ether oxygens (including phenoxy) is 3. The summed E-state index contributed by atoms with van der Waals surface area (Å²) in [6.07, 6.45) is -7.68. The fraction of sp³-hybridized carbons (Fsp3) is 1.00. The first-order valence-corrected chi connectivity index (χ1v) is 6.69. The highest BCUT2D eigenvalue weighted by atomic mass is 16.7. The molecule has 0 aliphatic carbocycles. The summed E-state index contributed by atoms with van der Waals surface area (Å²) in [4.78, 5) is 0. The lowest BCUT2D eigenvalue weighted by Crippen LogP contribution is -2.60. The highest BCUT2D eigenvalue weighted by Gasteiger charge is 2.45. The van der Waals surface area contributed by atoms with Gasteiger partial charge in [0.1, 0.15) is 30.5 Å². The molecule has 3 unspecified atom stereocenters. The van der Waals surface area contributed by atoms with Gasteiger partial charge in [-0.25, -0.2) is 0 Å². The van der Waals surface area contributed by atoms with Crippen molar-refractivity contribution in [2.75, 3.05) is 13.2 Å². The van der Waals surface area contributed by atoms with Crippen LogP contribution in [0.5, 0.6) is 0 Å². The fourth-order valence-electron chi connectivity index (χ4n) is 2.49. The first kappa shape index (κ1) is 16.1. The van der Waals surface area contributed by atoms with Gasteiger partial charge in [-0.05, 0) is 6.92 Å². The van der Waals surface area contributed by atoms with Crippen molar-refractivity contribution in [3.05, 3.63) is 0 Å². The lowest BCUT2D eigenvalue weighted by molar-refractivity contribution is -0.308. The standard InChI is InChI=1S/C12H22O8/c1-5-9(16)11(10(17)8(3-13)19-5)20-12-7(15)2-6(14)4-18-12/h5-17H,2-4H2,1H3/t5-,6-,7?,8?,9?,10-,11+,12-/m0/s1. The largest absolute Gasteiger partial charge is 0.394 e. The molecule has 2 aliphatic rings. The van der Waals surface area contributed by atoms with Gasteiger partial charge in [0.15, 0.2) is 6.29 Å². The van der Waals surface area contributed by atoms with Gasteiger partial charge < -0.3 is 39.7 Å². The molecule has 0 radical (unpaired) electrons. The van der Waals surface area contributed by atoms with Crippen LogP contribution in [0.3, 0.4) is 0 Å². The van der Waals surface area contributed by atoms with Crippen LogP contribution in [0.4, 0.5) is 0 Å². The molecular formula is C12H22O8. The van der Waals surface area contributed by atoms with Crippen LogP contribution in [0, 0.1) is 0 Å². The lowest BCUT2D eigenvalue weighted by Gasteiger charge is -2.43. The normalized spacial score (nSPS) is 50.1. The predicted molar refractivity (Wildman–Crippen MR) is 64.7 cm³/mol. The second kappa shape index (κ2) is 6.63. The molecule has 0 spiro atoms. The van der Waals surface area contributed by atoms with E-state index in [1.807, 2.05) is 0 Å². The van der Waals surface area contributed by atoms with E-state index in [0.29, 0.717) is 0 Å². The molecule has 0 aromatic carbocycles. The van der Waals surface area contributed by atoms with Gasteiger partial charge in [0.25, 0.3) is 0 Å².